The minimum atomic E-state index is -4.43. The van der Waals surface area contributed by atoms with Crippen LogP contribution in [0.5, 0.6) is 5.75 Å². The van der Waals surface area contributed by atoms with Gasteiger partial charge >= 0.3 is 19.7 Å². The summed E-state index contributed by atoms with van der Waals surface area (Å²) in [6.45, 7) is 6.60. The SMILES string of the molecule is CC=CN(C(N)=O)C1OC(COP(=O)(NC(C)C(=O)OC(C)C)Oc2ccc(-c3cccc(F)c3)cc2)C(O)C1(C)F. The fourth-order valence-corrected chi connectivity index (χ4v) is 5.68. The highest BCUT2D eigenvalue weighted by Crippen LogP contribution is 2.47. The van der Waals surface area contributed by atoms with E-state index in [1.165, 1.54) is 43.5 Å². The maximum absolute atomic E-state index is 15.5. The van der Waals surface area contributed by atoms with Gasteiger partial charge in [-0.05, 0) is 70.0 Å². The van der Waals surface area contributed by atoms with Crippen molar-refractivity contribution >= 4 is 19.7 Å². The van der Waals surface area contributed by atoms with E-state index in [1.54, 1.807) is 45.0 Å². The summed E-state index contributed by atoms with van der Waals surface area (Å²) in [4.78, 5) is 25.1. The van der Waals surface area contributed by atoms with Crippen molar-refractivity contribution in [3.8, 4) is 16.9 Å². The molecule has 1 aliphatic rings. The number of hydrogen-bond acceptors (Lipinski definition) is 8. The lowest BCUT2D eigenvalue weighted by Gasteiger charge is -2.30. The van der Waals surface area contributed by atoms with Gasteiger partial charge in [0.05, 0.1) is 12.7 Å². The lowest BCUT2D eigenvalue weighted by atomic mass is 9.98. The number of rotatable bonds is 12. The summed E-state index contributed by atoms with van der Waals surface area (Å²) in [5.74, 6) is -1.09. The number of hydrogen-bond donors (Lipinski definition) is 3. The lowest BCUT2D eigenvalue weighted by molar-refractivity contribution is -0.149. The maximum atomic E-state index is 15.5. The molecule has 230 valence electrons. The van der Waals surface area contributed by atoms with Gasteiger partial charge in [0.1, 0.15) is 29.8 Å². The molecular formula is C28H36F2N3O8P. The number of carbonyl (C=O) groups is 2. The average Bonchev–Trinajstić information content (AvgIpc) is 3.13. The van der Waals surface area contributed by atoms with E-state index >= 15 is 4.39 Å². The molecule has 42 heavy (non-hydrogen) atoms. The van der Waals surface area contributed by atoms with E-state index in [9.17, 15) is 23.7 Å². The molecule has 0 spiro atoms. The number of alkyl halides is 1. The summed E-state index contributed by atoms with van der Waals surface area (Å²) < 4.78 is 65.0. The molecule has 1 saturated heterocycles. The Labute approximate surface area is 243 Å². The smallest absolute Gasteiger partial charge is 0.459 e. The molecule has 4 N–H and O–H groups in total. The minimum absolute atomic E-state index is 0.0597. The first-order valence-electron chi connectivity index (χ1n) is 13.2. The Bertz CT molecular complexity index is 1320. The van der Waals surface area contributed by atoms with Gasteiger partial charge in [0.2, 0.25) is 0 Å². The van der Waals surface area contributed by atoms with Crippen molar-refractivity contribution in [2.45, 2.75) is 70.9 Å². The molecule has 0 aliphatic carbocycles. The topological polar surface area (TPSA) is 150 Å². The number of nitrogens with zero attached hydrogens (tertiary/aromatic N) is 1. The maximum Gasteiger partial charge on any atom is 0.459 e. The largest absolute Gasteiger partial charge is 0.462 e. The zero-order chi connectivity index (χ0) is 31.2. The van der Waals surface area contributed by atoms with Crippen LogP contribution in [-0.2, 0) is 23.4 Å². The number of allylic oxidation sites excluding steroid dienone is 1. The van der Waals surface area contributed by atoms with Crippen molar-refractivity contribution in [2.75, 3.05) is 6.61 Å². The number of carbonyl (C=O) groups excluding carboxylic acids is 2. The van der Waals surface area contributed by atoms with Gasteiger partial charge in [-0.25, -0.2) is 18.1 Å². The van der Waals surface area contributed by atoms with E-state index in [1.807, 2.05) is 0 Å². The molecule has 2 aromatic carbocycles. The van der Waals surface area contributed by atoms with E-state index in [-0.39, 0.29) is 5.75 Å². The Hall–Kier alpha value is -3.35. The van der Waals surface area contributed by atoms with E-state index in [0.29, 0.717) is 11.1 Å². The molecule has 1 fully saturated rings. The van der Waals surface area contributed by atoms with Gasteiger partial charge in [-0.15, -0.1) is 0 Å². The number of esters is 1. The standard InChI is InChI=1S/C28H36F2N3O8P/c1-6-14-33(27(31)36)26-28(5,30)24(34)23(40-26)16-38-42(37,32-18(4)25(35)39-17(2)3)41-22-12-10-19(11-13-22)20-8-7-9-21(29)15-20/h6-15,17-18,23-24,26,34H,16H2,1-5H3,(H2,31,36)(H,32,37). The van der Waals surface area contributed by atoms with Gasteiger partial charge in [0.25, 0.3) is 0 Å². The molecule has 0 bridgehead atoms. The van der Waals surface area contributed by atoms with Crippen molar-refractivity contribution in [2.24, 2.45) is 5.73 Å². The molecule has 14 heteroatoms. The quantitative estimate of drug-likeness (QED) is 0.230. The van der Waals surface area contributed by atoms with Gasteiger partial charge in [-0.3, -0.25) is 14.2 Å². The predicted octanol–water partition coefficient (Wildman–Crippen LogP) is 4.65. The first-order valence-corrected chi connectivity index (χ1v) is 14.7. The Morgan fingerprint density at radius 3 is 2.45 bits per heavy atom. The molecule has 2 amide bonds. The zero-order valence-corrected chi connectivity index (χ0v) is 24.8. The van der Waals surface area contributed by atoms with Crippen molar-refractivity contribution in [1.29, 1.82) is 0 Å². The Kier molecular flexibility index (Phi) is 10.9. The Balaban J connectivity index is 1.83. The summed E-state index contributed by atoms with van der Waals surface area (Å²) in [5.41, 5.74) is 4.12. The summed E-state index contributed by atoms with van der Waals surface area (Å²) >= 11 is 0. The van der Waals surface area contributed by atoms with E-state index < -0.39 is 68.4 Å². The Morgan fingerprint density at radius 1 is 1.21 bits per heavy atom. The van der Waals surface area contributed by atoms with Crippen LogP contribution in [0.15, 0.2) is 60.8 Å². The molecule has 6 unspecified atom stereocenters. The van der Waals surface area contributed by atoms with Crippen LogP contribution < -0.4 is 15.3 Å². The average molecular weight is 612 g/mol. The van der Waals surface area contributed by atoms with Gasteiger partial charge in [0, 0.05) is 6.20 Å². The molecule has 6 atom stereocenters. The number of urea groups is 1. The lowest BCUT2D eigenvalue weighted by Crippen LogP contribution is -2.51. The highest BCUT2D eigenvalue weighted by Gasteiger charge is 2.57. The van der Waals surface area contributed by atoms with Crippen LogP contribution in [0.1, 0.15) is 34.6 Å². The van der Waals surface area contributed by atoms with Crippen molar-refractivity contribution in [1.82, 2.24) is 9.99 Å². The second kappa shape index (κ2) is 13.7. The van der Waals surface area contributed by atoms with Crippen LogP contribution in [-0.4, -0.2) is 64.9 Å². The van der Waals surface area contributed by atoms with E-state index in [4.69, 9.17) is 24.3 Å². The van der Waals surface area contributed by atoms with Gasteiger partial charge in [-0.2, -0.15) is 5.09 Å². The van der Waals surface area contributed by atoms with Crippen LogP contribution in [0.25, 0.3) is 11.1 Å². The third-order valence-corrected chi connectivity index (χ3v) is 7.88. The number of primary amides is 1. The zero-order valence-electron chi connectivity index (χ0n) is 23.9. The fraction of sp³-hybridized carbons (Fsp3) is 0.429. The van der Waals surface area contributed by atoms with Gasteiger partial charge in [-0.1, -0.05) is 30.3 Å². The molecular weight excluding hydrogens is 575 g/mol. The molecule has 0 saturated carbocycles. The predicted molar refractivity (Wildman–Crippen MR) is 150 cm³/mol. The number of aliphatic hydroxyl groups is 1. The number of ether oxygens (including phenoxy) is 2. The molecule has 2 aromatic rings. The third-order valence-electron chi connectivity index (χ3n) is 6.24. The third kappa shape index (κ3) is 8.14. The van der Waals surface area contributed by atoms with Crippen LogP contribution in [0.4, 0.5) is 13.6 Å². The van der Waals surface area contributed by atoms with Gasteiger partial charge in [0.15, 0.2) is 11.9 Å². The number of benzene rings is 2. The highest BCUT2D eigenvalue weighted by atomic mass is 31.2. The van der Waals surface area contributed by atoms with Crippen LogP contribution in [0.2, 0.25) is 0 Å². The second-order valence-corrected chi connectivity index (χ2v) is 11.8. The van der Waals surface area contributed by atoms with Crippen molar-refractivity contribution < 1.29 is 46.6 Å². The molecule has 11 nitrogen and oxygen atoms in total. The summed E-state index contributed by atoms with van der Waals surface area (Å²) in [7, 11) is -4.43. The number of amides is 2. The first kappa shape index (κ1) is 33.2. The normalized spacial score (nSPS) is 24.4. The fourth-order valence-electron chi connectivity index (χ4n) is 4.18. The van der Waals surface area contributed by atoms with Crippen LogP contribution >= 0.6 is 7.75 Å². The monoisotopic (exact) mass is 611 g/mol. The molecule has 3 rings (SSSR count). The number of nitrogens with two attached hydrogens (primary N) is 1. The number of aliphatic hydroxyl groups excluding tert-OH is 1. The number of halogens is 2. The molecule has 0 aromatic heterocycles. The van der Waals surface area contributed by atoms with Crippen LogP contribution in [0, 0.1) is 5.82 Å². The summed E-state index contributed by atoms with van der Waals surface area (Å²) in [6.07, 6.45) is -2.67. The first-order chi connectivity index (χ1) is 19.7. The van der Waals surface area contributed by atoms with E-state index in [2.05, 4.69) is 5.09 Å². The van der Waals surface area contributed by atoms with Gasteiger partial charge < -0.3 is 24.8 Å². The van der Waals surface area contributed by atoms with E-state index in [0.717, 1.165) is 11.8 Å². The van der Waals surface area contributed by atoms with Crippen LogP contribution in [0.3, 0.4) is 0 Å². The second-order valence-electron chi connectivity index (χ2n) is 10.1. The highest BCUT2D eigenvalue weighted by molar-refractivity contribution is 7.52. The molecule has 1 aliphatic heterocycles. The Morgan fingerprint density at radius 2 is 1.88 bits per heavy atom. The molecule has 0 radical (unpaired) electrons. The minimum Gasteiger partial charge on any atom is -0.462 e. The summed E-state index contributed by atoms with van der Waals surface area (Å²) in [5, 5.41) is 13.2. The number of nitrogens with one attached hydrogen (secondary N) is 1. The molecule has 1 heterocycles. The van der Waals surface area contributed by atoms with Crippen molar-refractivity contribution in [3.05, 3.63) is 66.6 Å². The summed E-state index contributed by atoms with van der Waals surface area (Å²) in [6, 6.07) is 9.89. The van der Waals surface area contributed by atoms with Crippen molar-refractivity contribution in [3.63, 3.8) is 0 Å².